The zero-order chi connectivity index (χ0) is 8.97. The van der Waals surface area contributed by atoms with Crippen LogP contribution in [0.2, 0.25) is 0 Å². The van der Waals surface area contributed by atoms with Gasteiger partial charge in [0, 0.05) is 18.3 Å². The fourth-order valence-electron chi connectivity index (χ4n) is 1.44. The smallest absolute Gasteiger partial charge is 0.152 e. The summed E-state index contributed by atoms with van der Waals surface area (Å²) in [7, 11) is 0. The molecular weight excluding hydrogens is 181 g/mol. The zero-order valence-electron chi connectivity index (χ0n) is 6.83. The van der Waals surface area contributed by atoms with E-state index in [1.807, 2.05) is 0 Å². The third kappa shape index (κ3) is 3.60. The van der Waals surface area contributed by atoms with Gasteiger partial charge in [-0.15, -0.1) is 0 Å². The number of hydrogen-bond donors (Lipinski definition) is 2. The van der Waals surface area contributed by atoms with E-state index in [1.165, 1.54) is 0 Å². The molecule has 0 aliphatic carbocycles. The van der Waals surface area contributed by atoms with Crippen molar-refractivity contribution in [1.82, 2.24) is 5.32 Å². The van der Waals surface area contributed by atoms with E-state index >= 15 is 0 Å². The monoisotopic (exact) mass is 195 g/mol. The van der Waals surface area contributed by atoms with Gasteiger partial charge in [0.25, 0.3) is 0 Å². The van der Waals surface area contributed by atoms with Gasteiger partial charge in [-0.1, -0.05) is 0 Å². The highest BCUT2D eigenvalue weighted by molar-refractivity contribution is 7.79. The van der Waals surface area contributed by atoms with Gasteiger partial charge in [0.2, 0.25) is 0 Å². The standard InChI is InChI=1S/C7H14FNO2S/c8-6-4-7(9-5-6)2-1-3-12(10)11/h6-7,9H,1-5H2,(H,10,11)/t6-,7-/m1/s1. The van der Waals surface area contributed by atoms with Crippen molar-refractivity contribution in [3.8, 4) is 0 Å². The average Bonchev–Trinajstić information content (AvgIpc) is 2.35. The molecule has 0 aromatic carbocycles. The molecule has 0 spiro atoms. The molecule has 3 nitrogen and oxygen atoms in total. The maximum Gasteiger partial charge on any atom is 0.152 e. The Kier molecular flexibility index (Phi) is 4.11. The van der Waals surface area contributed by atoms with Crippen molar-refractivity contribution in [3.05, 3.63) is 0 Å². The van der Waals surface area contributed by atoms with Crippen LogP contribution in [0.25, 0.3) is 0 Å². The molecule has 1 aliphatic rings. The SMILES string of the molecule is O=S(O)CCC[C@@H]1C[C@@H](F)CN1. The summed E-state index contributed by atoms with van der Waals surface area (Å²) < 4.78 is 31.3. The molecule has 0 amide bonds. The molecule has 0 radical (unpaired) electrons. The summed E-state index contributed by atoms with van der Waals surface area (Å²) in [6.45, 7) is 0.437. The van der Waals surface area contributed by atoms with Gasteiger partial charge < -0.3 is 9.87 Å². The third-order valence-electron chi connectivity index (χ3n) is 2.04. The number of alkyl halides is 1. The molecule has 0 aromatic rings. The highest BCUT2D eigenvalue weighted by atomic mass is 32.2. The number of nitrogens with one attached hydrogen (secondary N) is 1. The Morgan fingerprint density at radius 1 is 1.67 bits per heavy atom. The number of rotatable bonds is 4. The second-order valence-electron chi connectivity index (χ2n) is 3.11. The molecule has 0 aromatic heterocycles. The Morgan fingerprint density at radius 3 is 2.92 bits per heavy atom. The maximum absolute atomic E-state index is 12.6. The summed E-state index contributed by atoms with van der Waals surface area (Å²) in [6.07, 6.45) is 1.31. The van der Waals surface area contributed by atoms with Gasteiger partial charge in [0.1, 0.15) is 6.17 Å². The summed E-state index contributed by atoms with van der Waals surface area (Å²) in [5, 5.41) is 3.02. The van der Waals surface area contributed by atoms with E-state index in [1.54, 1.807) is 0 Å². The quantitative estimate of drug-likeness (QED) is 0.649. The molecule has 1 saturated heterocycles. The van der Waals surface area contributed by atoms with Gasteiger partial charge >= 0.3 is 0 Å². The predicted octanol–water partition coefficient (Wildman–Crippen LogP) is 0.688. The maximum atomic E-state index is 12.6. The van der Waals surface area contributed by atoms with Crippen LogP contribution in [0.1, 0.15) is 19.3 Å². The van der Waals surface area contributed by atoms with Crippen LogP contribution in [0.5, 0.6) is 0 Å². The highest BCUT2D eigenvalue weighted by Crippen LogP contribution is 2.14. The first kappa shape index (κ1) is 10.1. The lowest BCUT2D eigenvalue weighted by Gasteiger charge is -2.07. The van der Waals surface area contributed by atoms with Crippen LogP contribution in [0.4, 0.5) is 4.39 Å². The third-order valence-corrected chi connectivity index (χ3v) is 2.68. The van der Waals surface area contributed by atoms with E-state index in [-0.39, 0.29) is 6.04 Å². The van der Waals surface area contributed by atoms with Crippen LogP contribution in [-0.4, -0.2) is 33.3 Å². The summed E-state index contributed by atoms with van der Waals surface area (Å²) >= 11 is -1.70. The number of halogens is 1. The first-order chi connectivity index (χ1) is 5.68. The normalized spacial score (nSPS) is 32.2. The Hall–Kier alpha value is -0.0000000000000000486. The van der Waals surface area contributed by atoms with E-state index in [9.17, 15) is 8.60 Å². The summed E-state index contributed by atoms with van der Waals surface area (Å²) in [5.41, 5.74) is 0. The average molecular weight is 195 g/mol. The van der Waals surface area contributed by atoms with Crippen molar-refractivity contribution in [2.45, 2.75) is 31.5 Å². The minimum atomic E-state index is -1.70. The van der Waals surface area contributed by atoms with Crippen LogP contribution in [0.15, 0.2) is 0 Å². The Balaban J connectivity index is 2.04. The van der Waals surface area contributed by atoms with Crippen LogP contribution in [0, 0.1) is 0 Å². The summed E-state index contributed by atoms with van der Waals surface area (Å²) in [4.78, 5) is 0. The van der Waals surface area contributed by atoms with Gasteiger partial charge in [-0.25, -0.2) is 8.60 Å². The van der Waals surface area contributed by atoms with Crippen molar-refractivity contribution in [3.63, 3.8) is 0 Å². The van der Waals surface area contributed by atoms with Crippen LogP contribution >= 0.6 is 0 Å². The summed E-state index contributed by atoms with van der Waals surface area (Å²) in [6, 6.07) is 0.212. The highest BCUT2D eigenvalue weighted by Gasteiger charge is 2.22. The van der Waals surface area contributed by atoms with E-state index in [4.69, 9.17) is 4.55 Å². The minimum Gasteiger partial charge on any atom is -0.311 e. The molecular formula is C7H14FNO2S. The first-order valence-electron chi connectivity index (χ1n) is 4.13. The summed E-state index contributed by atoms with van der Waals surface area (Å²) in [5.74, 6) is 0.301. The van der Waals surface area contributed by atoms with Crippen LogP contribution in [-0.2, 0) is 11.1 Å². The molecule has 0 saturated carbocycles. The van der Waals surface area contributed by atoms with Crippen molar-refractivity contribution >= 4 is 11.1 Å². The van der Waals surface area contributed by atoms with E-state index in [0.29, 0.717) is 25.1 Å². The van der Waals surface area contributed by atoms with E-state index in [2.05, 4.69) is 5.32 Å². The predicted molar refractivity (Wildman–Crippen MR) is 46.2 cm³/mol. The van der Waals surface area contributed by atoms with Crippen molar-refractivity contribution in [1.29, 1.82) is 0 Å². The Labute approximate surface area is 74.0 Å². The molecule has 72 valence electrons. The molecule has 1 heterocycles. The van der Waals surface area contributed by atoms with E-state index < -0.39 is 17.3 Å². The molecule has 2 N–H and O–H groups in total. The molecule has 1 rings (SSSR count). The second-order valence-corrected chi connectivity index (χ2v) is 4.16. The van der Waals surface area contributed by atoms with Gasteiger partial charge in [-0.2, -0.15) is 0 Å². The fourth-order valence-corrected chi connectivity index (χ4v) is 1.86. The van der Waals surface area contributed by atoms with Gasteiger partial charge in [0.15, 0.2) is 11.1 Å². The Bertz CT molecular complexity index is 167. The lowest BCUT2D eigenvalue weighted by molar-refractivity contribution is 0.353. The molecule has 5 heteroatoms. The van der Waals surface area contributed by atoms with Crippen molar-refractivity contribution in [2.75, 3.05) is 12.3 Å². The van der Waals surface area contributed by atoms with Gasteiger partial charge in [-0.05, 0) is 19.3 Å². The molecule has 1 fully saturated rings. The molecule has 3 atom stereocenters. The molecule has 12 heavy (non-hydrogen) atoms. The van der Waals surface area contributed by atoms with Gasteiger partial charge in [-0.3, -0.25) is 0 Å². The van der Waals surface area contributed by atoms with Crippen molar-refractivity contribution < 1.29 is 13.2 Å². The van der Waals surface area contributed by atoms with Crippen molar-refractivity contribution in [2.24, 2.45) is 0 Å². The fraction of sp³-hybridized carbons (Fsp3) is 1.00. The minimum absolute atomic E-state index is 0.212. The van der Waals surface area contributed by atoms with Gasteiger partial charge in [0.05, 0.1) is 0 Å². The number of hydrogen-bond acceptors (Lipinski definition) is 2. The molecule has 0 bridgehead atoms. The first-order valence-corrected chi connectivity index (χ1v) is 5.41. The second kappa shape index (κ2) is 4.89. The Morgan fingerprint density at radius 2 is 2.42 bits per heavy atom. The zero-order valence-corrected chi connectivity index (χ0v) is 7.65. The lowest BCUT2D eigenvalue weighted by atomic mass is 10.1. The largest absolute Gasteiger partial charge is 0.311 e. The molecule has 1 unspecified atom stereocenters. The van der Waals surface area contributed by atoms with E-state index in [0.717, 1.165) is 6.42 Å². The van der Waals surface area contributed by atoms with Crippen LogP contribution in [0.3, 0.4) is 0 Å². The lowest BCUT2D eigenvalue weighted by Crippen LogP contribution is -2.21. The molecule has 1 aliphatic heterocycles. The topological polar surface area (TPSA) is 49.3 Å². The van der Waals surface area contributed by atoms with Crippen LogP contribution < -0.4 is 5.32 Å².